The van der Waals surface area contributed by atoms with Gasteiger partial charge in [0.2, 0.25) is 0 Å². The number of hydrogen-bond donors (Lipinski definition) is 0. The van der Waals surface area contributed by atoms with Crippen molar-refractivity contribution in [2.75, 3.05) is 26.3 Å². The third-order valence-electron chi connectivity index (χ3n) is 4.01. The highest BCUT2D eigenvalue weighted by Crippen LogP contribution is 2.37. The average molecular weight is 374 g/mol. The lowest BCUT2D eigenvalue weighted by Crippen LogP contribution is -2.40. The van der Waals surface area contributed by atoms with Crippen LogP contribution in [0.4, 0.5) is 13.2 Å². The first-order valence-corrected chi connectivity index (χ1v) is 8.00. The molecule has 8 heteroatoms. The summed E-state index contributed by atoms with van der Waals surface area (Å²) in [5.74, 6) is 0.226. The van der Waals surface area contributed by atoms with Crippen LogP contribution in [0.3, 0.4) is 0 Å². The van der Waals surface area contributed by atoms with Gasteiger partial charge in [-0.3, -0.25) is 4.79 Å². The van der Waals surface area contributed by atoms with E-state index in [1.807, 2.05) is 0 Å². The van der Waals surface area contributed by atoms with E-state index in [-0.39, 0.29) is 22.3 Å². The van der Waals surface area contributed by atoms with Crippen LogP contribution in [0, 0.1) is 6.92 Å². The largest absolute Gasteiger partial charge is 0.460 e. The number of morpholine rings is 1. The van der Waals surface area contributed by atoms with Crippen molar-refractivity contribution in [3.8, 4) is 11.3 Å². The van der Waals surface area contributed by atoms with E-state index in [9.17, 15) is 18.0 Å². The summed E-state index contributed by atoms with van der Waals surface area (Å²) in [6.07, 6.45) is -4.49. The van der Waals surface area contributed by atoms with Crippen molar-refractivity contribution in [3.05, 3.63) is 46.2 Å². The minimum absolute atomic E-state index is 0.0978. The second-order valence-corrected chi connectivity index (χ2v) is 6.08. The van der Waals surface area contributed by atoms with E-state index in [1.54, 1.807) is 11.8 Å². The first-order valence-electron chi connectivity index (χ1n) is 7.62. The van der Waals surface area contributed by atoms with Gasteiger partial charge in [0, 0.05) is 18.7 Å². The van der Waals surface area contributed by atoms with Gasteiger partial charge < -0.3 is 14.1 Å². The Hall–Kier alpha value is -1.99. The summed E-state index contributed by atoms with van der Waals surface area (Å²) in [5.41, 5.74) is -0.423. The SMILES string of the molecule is Cc1oc(-c2cc(C(F)(F)F)ccc2Cl)cc1C(=O)N1CCOCC1. The zero-order valence-corrected chi connectivity index (χ0v) is 14.1. The first kappa shape index (κ1) is 17.8. The molecule has 1 aromatic carbocycles. The van der Waals surface area contributed by atoms with Crippen molar-refractivity contribution in [1.29, 1.82) is 0 Å². The quantitative estimate of drug-likeness (QED) is 0.783. The van der Waals surface area contributed by atoms with E-state index in [1.165, 1.54) is 12.1 Å². The number of rotatable bonds is 2. The Kier molecular flexibility index (Phi) is 4.79. The van der Waals surface area contributed by atoms with Crippen LogP contribution in [0.25, 0.3) is 11.3 Å². The van der Waals surface area contributed by atoms with Gasteiger partial charge in [0.05, 0.1) is 29.4 Å². The predicted octanol–water partition coefficient (Wildman–Crippen LogP) is 4.40. The van der Waals surface area contributed by atoms with Crippen molar-refractivity contribution in [2.24, 2.45) is 0 Å². The van der Waals surface area contributed by atoms with Gasteiger partial charge in [-0.2, -0.15) is 13.2 Å². The lowest BCUT2D eigenvalue weighted by molar-refractivity contribution is -0.137. The Labute approximate surface area is 147 Å². The maximum atomic E-state index is 12.9. The van der Waals surface area contributed by atoms with Gasteiger partial charge in [-0.1, -0.05) is 11.6 Å². The van der Waals surface area contributed by atoms with Gasteiger partial charge in [-0.05, 0) is 31.2 Å². The molecule has 0 atom stereocenters. The summed E-state index contributed by atoms with van der Waals surface area (Å²) in [6.45, 7) is 3.43. The van der Waals surface area contributed by atoms with Crippen molar-refractivity contribution in [3.63, 3.8) is 0 Å². The Balaban J connectivity index is 1.96. The summed E-state index contributed by atoms with van der Waals surface area (Å²) in [7, 11) is 0. The van der Waals surface area contributed by atoms with E-state index in [0.717, 1.165) is 12.1 Å². The highest BCUT2D eigenvalue weighted by molar-refractivity contribution is 6.33. The molecule has 2 aromatic rings. The fraction of sp³-hybridized carbons (Fsp3) is 0.353. The minimum Gasteiger partial charge on any atom is -0.460 e. The van der Waals surface area contributed by atoms with Gasteiger partial charge in [0.15, 0.2) is 0 Å². The maximum Gasteiger partial charge on any atom is 0.416 e. The number of benzene rings is 1. The van der Waals surface area contributed by atoms with E-state index in [2.05, 4.69) is 0 Å². The number of ether oxygens (including phenoxy) is 1. The zero-order chi connectivity index (χ0) is 18.2. The van der Waals surface area contributed by atoms with Crippen LogP contribution in [0.2, 0.25) is 5.02 Å². The Morgan fingerprint density at radius 3 is 2.52 bits per heavy atom. The number of aryl methyl sites for hydroxylation is 1. The molecule has 0 unspecified atom stereocenters. The van der Waals surface area contributed by atoms with Crippen molar-refractivity contribution in [2.45, 2.75) is 13.1 Å². The van der Waals surface area contributed by atoms with Crippen LogP contribution in [0.15, 0.2) is 28.7 Å². The molecular formula is C17H15ClF3NO3. The summed E-state index contributed by atoms with van der Waals surface area (Å²) in [5, 5.41) is 0.118. The van der Waals surface area contributed by atoms with E-state index < -0.39 is 11.7 Å². The van der Waals surface area contributed by atoms with Crippen LogP contribution in [-0.4, -0.2) is 37.1 Å². The number of amides is 1. The van der Waals surface area contributed by atoms with Crippen LogP contribution in [0.5, 0.6) is 0 Å². The molecule has 1 aromatic heterocycles. The van der Waals surface area contributed by atoms with Gasteiger partial charge in [0.25, 0.3) is 5.91 Å². The molecule has 1 saturated heterocycles. The molecule has 0 bridgehead atoms. The molecule has 4 nitrogen and oxygen atoms in total. The number of furan rings is 1. The zero-order valence-electron chi connectivity index (χ0n) is 13.3. The number of hydrogen-bond acceptors (Lipinski definition) is 3. The Morgan fingerprint density at radius 2 is 1.88 bits per heavy atom. The highest BCUT2D eigenvalue weighted by Gasteiger charge is 2.32. The molecule has 0 spiro atoms. The molecule has 2 heterocycles. The molecule has 1 aliphatic rings. The third-order valence-corrected chi connectivity index (χ3v) is 4.34. The van der Waals surface area contributed by atoms with Crippen LogP contribution in [-0.2, 0) is 10.9 Å². The lowest BCUT2D eigenvalue weighted by atomic mass is 10.1. The Morgan fingerprint density at radius 1 is 1.20 bits per heavy atom. The molecule has 1 fully saturated rings. The summed E-state index contributed by atoms with van der Waals surface area (Å²) >= 11 is 6.03. The lowest BCUT2D eigenvalue weighted by Gasteiger charge is -2.26. The number of carbonyl (C=O) groups excluding carboxylic acids is 1. The summed E-state index contributed by atoms with van der Waals surface area (Å²) in [6, 6.07) is 4.43. The predicted molar refractivity (Wildman–Crippen MR) is 85.6 cm³/mol. The number of carbonyl (C=O) groups is 1. The van der Waals surface area contributed by atoms with Crippen molar-refractivity contribution < 1.29 is 27.1 Å². The first-order chi connectivity index (χ1) is 11.8. The molecule has 0 aliphatic carbocycles. The highest BCUT2D eigenvalue weighted by atomic mass is 35.5. The molecule has 0 N–H and O–H groups in total. The topological polar surface area (TPSA) is 42.7 Å². The summed E-state index contributed by atoms with van der Waals surface area (Å²) in [4.78, 5) is 14.2. The standard InChI is InChI=1S/C17H15ClF3NO3/c1-10-12(16(23)22-4-6-24-7-5-22)9-15(25-10)13-8-11(17(19,20)21)2-3-14(13)18/h2-3,8-9H,4-7H2,1H3. The normalized spacial score (nSPS) is 15.5. The Bertz CT molecular complexity index is 795. The molecule has 0 radical (unpaired) electrons. The molecule has 134 valence electrons. The maximum absolute atomic E-state index is 12.9. The number of nitrogens with zero attached hydrogens (tertiary/aromatic N) is 1. The van der Waals surface area contributed by atoms with E-state index in [0.29, 0.717) is 37.6 Å². The smallest absolute Gasteiger partial charge is 0.416 e. The summed E-state index contributed by atoms with van der Waals surface area (Å²) < 4.78 is 49.5. The molecular weight excluding hydrogens is 359 g/mol. The van der Waals surface area contributed by atoms with E-state index >= 15 is 0 Å². The molecule has 0 saturated carbocycles. The van der Waals surface area contributed by atoms with Crippen molar-refractivity contribution >= 4 is 17.5 Å². The molecule has 1 amide bonds. The number of alkyl halides is 3. The van der Waals surface area contributed by atoms with Crippen LogP contribution >= 0.6 is 11.6 Å². The van der Waals surface area contributed by atoms with Crippen LogP contribution in [0.1, 0.15) is 21.7 Å². The van der Waals surface area contributed by atoms with Gasteiger partial charge in [-0.25, -0.2) is 0 Å². The van der Waals surface area contributed by atoms with Gasteiger partial charge in [0.1, 0.15) is 11.5 Å². The monoisotopic (exact) mass is 373 g/mol. The fourth-order valence-corrected chi connectivity index (χ4v) is 2.87. The second kappa shape index (κ2) is 6.72. The fourth-order valence-electron chi connectivity index (χ4n) is 2.65. The minimum atomic E-state index is -4.49. The van der Waals surface area contributed by atoms with Gasteiger partial charge >= 0.3 is 6.18 Å². The van der Waals surface area contributed by atoms with Crippen molar-refractivity contribution in [1.82, 2.24) is 4.90 Å². The average Bonchev–Trinajstić information content (AvgIpc) is 2.96. The molecule has 25 heavy (non-hydrogen) atoms. The second-order valence-electron chi connectivity index (χ2n) is 5.68. The third kappa shape index (κ3) is 3.67. The van der Waals surface area contributed by atoms with Gasteiger partial charge in [-0.15, -0.1) is 0 Å². The molecule has 1 aliphatic heterocycles. The molecule has 3 rings (SSSR count). The van der Waals surface area contributed by atoms with E-state index in [4.69, 9.17) is 20.8 Å². The number of halogens is 4. The van der Waals surface area contributed by atoms with Crippen LogP contribution < -0.4 is 0 Å².